The summed E-state index contributed by atoms with van der Waals surface area (Å²) in [6, 6.07) is 4.61. The molecule has 0 bridgehead atoms. The molecule has 0 aliphatic rings. The fraction of sp³-hybridized carbons (Fsp3) is 0.167. The first-order chi connectivity index (χ1) is 10.8. The number of benzene rings is 1. The second kappa shape index (κ2) is 6.86. The number of carbonyl (C=O) groups excluding carboxylic acids is 1. The monoisotopic (exact) mass is 357 g/mol. The minimum absolute atomic E-state index is 0.0206. The Bertz CT molecular complexity index is 830. The summed E-state index contributed by atoms with van der Waals surface area (Å²) in [5.74, 6) is 0.172. The predicted molar refractivity (Wildman–Crippen MR) is 81.2 cm³/mol. The van der Waals surface area contributed by atoms with Gasteiger partial charge in [-0.1, -0.05) is 23.7 Å². The van der Waals surface area contributed by atoms with Crippen LogP contribution in [0.4, 0.5) is 10.7 Å². The third-order valence-corrected chi connectivity index (χ3v) is 4.40. The van der Waals surface area contributed by atoms with E-state index in [1.165, 1.54) is 31.6 Å². The Kier molecular flexibility index (Phi) is 5.08. The molecule has 0 unspecified atom stereocenters. The number of hydroxylamine groups is 1. The molecule has 2 amide bonds. The normalized spacial score (nSPS) is 11.1. The van der Waals surface area contributed by atoms with Gasteiger partial charge in [0.15, 0.2) is 0 Å². The highest BCUT2D eigenvalue weighted by Gasteiger charge is 2.26. The van der Waals surface area contributed by atoms with E-state index in [2.05, 4.69) is 15.0 Å². The van der Waals surface area contributed by atoms with Gasteiger partial charge < -0.3 is 0 Å². The van der Waals surface area contributed by atoms with E-state index in [9.17, 15) is 13.2 Å². The number of halogens is 1. The first kappa shape index (κ1) is 17.1. The maximum atomic E-state index is 12.2. The van der Waals surface area contributed by atoms with E-state index in [0.717, 1.165) is 0 Å². The zero-order chi connectivity index (χ0) is 17.0. The highest BCUT2D eigenvalue weighted by Crippen LogP contribution is 2.20. The SMILES string of the molecule is CON(C(=O)NS(=O)(=O)c1ccccc1Cl)c1ncnc(C)n1. The lowest BCUT2D eigenvalue weighted by Gasteiger charge is -2.18. The van der Waals surface area contributed by atoms with Crippen LogP contribution in [0.25, 0.3) is 0 Å². The number of hydrogen-bond donors (Lipinski definition) is 1. The molecular weight excluding hydrogens is 346 g/mol. The van der Waals surface area contributed by atoms with E-state index in [1.807, 2.05) is 4.72 Å². The summed E-state index contributed by atoms with van der Waals surface area (Å²) in [6.07, 6.45) is 1.17. The van der Waals surface area contributed by atoms with E-state index in [4.69, 9.17) is 16.4 Å². The molecule has 23 heavy (non-hydrogen) atoms. The van der Waals surface area contributed by atoms with Crippen molar-refractivity contribution in [2.24, 2.45) is 0 Å². The van der Waals surface area contributed by atoms with Crippen molar-refractivity contribution < 1.29 is 18.0 Å². The number of rotatable bonds is 4. The van der Waals surface area contributed by atoms with E-state index >= 15 is 0 Å². The largest absolute Gasteiger partial charge is 0.362 e. The molecule has 1 aromatic carbocycles. The van der Waals surface area contributed by atoms with Crippen LogP contribution in [-0.4, -0.2) is 36.5 Å². The number of carbonyl (C=O) groups is 1. The highest BCUT2D eigenvalue weighted by molar-refractivity contribution is 7.90. The van der Waals surface area contributed by atoms with Crippen LogP contribution in [-0.2, 0) is 14.9 Å². The summed E-state index contributed by atoms with van der Waals surface area (Å²) in [5, 5.41) is 0.566. The predicted octanol–water partition coefficient (Wildman–Crippen LogP) is 1.30. The van der Waals surface area contributed by atoms with Gasteiger partial charge in [-0.2, -0.15) is 9.97 Å². The number of nitrogens with zero attached hydrogens (tertiary/aromatic N) is 4. The number of aromatic nitrogens is 3. The van der Waals surface area contributed by atoms with Gasteiger partial charge in [0.25, 0.3) is 16.0 Å². The number of urea groups is 1. The molecule has 122 valence electrons. The maximum absolute atomic E-state index is 12.2. The molecule has 0 aliphatic carbocycles. The first-order valence-electron chi connectivity index (χ1n) is 6.16. The van der Waals surface area contributed by atoms with Gasteiger partial charge in [0.05, 0.1) is 12.1 Å². The van der Waals surface area contributed by atoms with Gasteiger partial charge in [-0.15, -0.1) is 5.06 Å². The van der Waals surface area contributed by atoms with Crippen LogP contribution in [0.5, 0.6) is 0 Å². The van der Waals surface area contributed by atoms with Gasteiger partial charge in [-0.3, -0.25) is 4.84 Å². The second-order valence-corrected chi connectivity index (χ2v) is 6.21. The average molecular weight is 358 g/mol. The van der Waals surface area contributed by atoms with Crippen LogP contribution in [0.15, 0.2) is 35.5 Å². The molecule has 0 aliphatic heterocycles. The summed E-state index contributed by atoms with van der Waals surface area (Å²) in [5.41, 5.74) is 0. The highest BCUT2D eigenvalue weighted by atomic mass is 35.5. The number of sulfonamides is 1. The Morgan fingerprint density at radius 1 is 1.30 bits per heavy atom. The Labute approximate surface area is 137 Å². The Morgan fingerprint density at radius 2 is 2.00 bits per heavy atom. The minimum atomic E-state index is -4.19. The molecule has 1 heterocycles. The van der Waals surface area contributed by atoms with Crippen LogP contribution in [0.2, 0.25) is 5.02 Å². The molecule has 11 heteroatoms. The van der Waals surface area contributed by atoms with Crippen molar-refractivity contribution in [1.29, 1.82) is 0 Å². The lowest BCUT2D eigenvalue weighted by molar-refractivity contribution is 0.162. The summed E-state index contributed by atoms with van der Waals surface area (Å²) < 4.78 is 26.3. The lowest BCUT2D eigenvalue weighted by Crippen LogP contribution is -2.43. The van der Waals surface area contributed by atoms with Crippen LogP contribution >= 0.6 is 11.6 Å². The van der Waals surface area contributed by atoms with Gasteiger partial charge in [-0.25, -0.2) is 22.9 Å². The van der Waals surface area contributed by atoms with Crippen molar-refractivity contribution in [3.05, 3.63) is 41.4 Å². The number of anilines is 1. The van der Waals surface area contributed by atoms with Gasteiger partial charge in [-0.05, 0) is 19.1 Å². The molecule has 0 atom stereocenters. The average Bonchev–Trinajstić information content (AvgIpc) is 2.47. The Balaban J connectivity index is 2.28. The summed E-state index contributed by atoms with van der Waals surface area (Å²) in [6.45, 7) is 1.58. The molecule has 9 nitrogen and oxygen atoms in total. The number of nitrogens with one attached hydrogen (secondary N) is 1. The third kappa shape index (κ3) is 3.92. The molecule has 1 N–H and O–H groups in total. The molecular formula is C12H12ClN5O4S. The van der Waals surface area contributed by atoms with Crippen LogP contribution in [0.3, 0.4) is 0 Å². The molecule has 0 spiro atoms. The molecule has 2 rings (SSSR count). The van der Waals surface area contributed by atoms with Crippen molar-refractivity contribution in [2.45, 2.75) is 11.8 Å². The van der Waals surface area contributed by atoms with E-state index < -0.39 is 16.1 Å². The second-order valence-electron chi connectivity index (χ2n) is 4.15. The third-order valence-electron chi connectivity index (χ3n) is 2.58. The van der Waals surface area contributed by atoms with Gasteiger partial charge in [0.1, 0.15) is 17.0 Å². The number of aryl methyl sites for hydroxylation is 1. The summed E-state index contributed by atoms with van der Waals surface area (Å²) in [7, 11) is -3.02. The molecule has 0 saturated heterocycles. The van der Waals surface area contributed by atoms with Crippen molar-refractivity contribution in [2.75, 3.05) is 12.2 Å². The zero-order valence-corrected chi connectivity index (χ0v) is 13.7. The van der Waals surface area contributed by atoms with E-state index in [1.54, 1.807) is 13.0 Å². The number of hydrogen-bond acceptors (Lipinski definition) is 7. The van der Waals surface area contributed by atoms with Crippen molar-refractivity contribution >= 4 is 33.6 Å². The molecule has 0 fully saturated rings. The van der Waals surface area contributed by atoms with Gasteiger partial charge in [0.2, 0.25) is 0 Å². The first-order valence-corrected chi connectivity index (χ1v) is 8.02. The zero-order valence-electron chi connectivity index (χ0n) is 12.1. The molecule has 0 radical (unpaired) electrons. The minimum Gasteiger partial charge on any atom is -0.265 e. The van der Waals surface area contributed by atoms with Crippen molar-refractivity contribution in [3.8, 4) is 0 Å². The topological polar surface area (TPSA) is 114 Å². The Morgan fingerprint density at radius 3 is 2.61 bits per heavy atom. The number of amides is 2. The van der Waals surface area contributed by atoms with Crippen LogP contribution in [0.1, 0.15) is 5.82 Å². The summed E-state index contributed by atoms with van der Waals surface area (Å²) >= 11 is 5.84. The summed E-state index contributed by atoms with van der Waals surface area (Å²) in [4.78, 5) is 28.2. The molecule has 2 aromatic rings. The fourth-order valence-electron chi connectivity index (χ4n) is 1.59. The van der Waals surface area contributed by atoms with Crippen LogP contribution in [0, 0.1) is 6.92 Å². The van der Waals surface area contributed by atoms with Crippen molar-refractivity contribution in [1.82, 2.24) is 19.7 Å². The quantitative estimate of drug-likeness (QED) is 0.820. The molecule has 0 saturated carbocycles. The smallest absolute Gasteiger partial charge is 0.265 e. The fourth-order valence-corrected chi connectivity index (χ4v) is 3.04. The van der Waals surface area contributed by atoms with E-state index in [0.29, 0.717) is 10.9 Å². The molecule has 1 aromatic heterocycles. The van der Waals surface area contributed by atoms with E-state index in [-0.39, 0.29) is 15.9 Å². The van der Waals surface area contributed by atoms with Crippen molar-refractivity contribution in [3.63, 3.8) is 0 Å². The Hall–Kier alpha value is -2.30. The van der Waals surface area contributed by atoms with Gasteiger partial charge >= 0.3 is 6.03 Å². The van der Waals surface area contributed by atoms with Crippen LogP contribution < -0.4 is 9.79 Å². The van der Waals surface area contributed by atoms with Gasteiger partial charge in [0, 0.05) is 0 Å². The lowest BCUT2D eigenvalue weighted by atomic mass is 10.4. The standard InChI is InChI=1S/C12H12ClN5O4S/c1-8-14-7-15-11(16-8)18(22-2)12(19)17-23(20,21)10-6-4-3-5-9(10)13/h3-7H,1-2H3,(H,17,19). The maximum Gasteiger partial charge on any atom is 0.362 e.